The van der Waals surface area contributed by atoms with Crippen LogP contribution in [-0.4, -0.2) is 72.0 Å². The Morgan fingerprint density at radius 3 is 2.64 bits per heavy atom. The Hall–Kier alpha value is -1.80. The standard InChI is InChI=1S/C19H30ClN5O3/c1-13-15(20)22-17(23-16(13)24-8-10-27-11-9-24)21-14-6-5-7-25(12-14)18(26)28-19(2,3)4/h14H,5-12H2,1-4H3,(H,21,22,23)/t14-/m1/s1. The van der Waals surface area contributed by atoms with E-state index in [-0.39, 0.29) is 12.1 Å². The van der Waals surface area contributed by atoms with Gasteiger partial charge in [-0.3, -0.25) is 0 Å². The Bertz CT molecular complexity index is 704. The number of morpholine rings is 1. The van der Waals surface area contributed by atoms with Gasteiger partial charge in [-0.25, -0.2) is 9.78 Å². The number of ether oxygens (including phenoxy) is 2. The van der Waals surface area contributed by atoms with Crippen LogP contribution in [0.15, 0.2) is 0 Å². The molecular weight excluding hydrogens is 382 g/mol. The van der Waals surface area contributed by atoms with Crippen LogP contribution in [0.25, 0.3) is 0 Å². The molecular formula is C19H30ClN5O3. The van der Waals surface area contributed by atoms with Gasteiger partial charge < -0.3 is 24.6 Å². The van der Waals surface area contributed by atoms with Gasteiger partial charge >= 0.3 is 6.09 Å². The summed E-state index contributed by atoms with van der Waals surface area (Å²) in [6.07, 6.45) is 1.55. The minimum absolute atomic E-state index is 0.0533. The Balaban J connectivity index is 1.69. The van der Waals surface area contributed by atoms with Gasteiger partial charge in [-0.1, -0.05) is 11.6 Å². The second kappa shape index (κ2) is 8.69. The molecule has 1 atom stereocenters. The highest BCUT2D eigenvalue weighted by Crippen LogP contribution is 2.26. The molecule has 9 heteroatoms. The van der Waals surface area contributed by atoms with E-state index in [1.165, 1.54) is 0 Å². The van der Waals surface area contributed by atoms with Gasteiger partial charge in [0.2, 0.25) is 5.95 Å². The molecule has 0 radical (unpaired) electrons. The number of hydrogen-bond acceptors (Lipinski definition) is 7. The van der Waals surface area contributed by atoms with Crippen molar-refractivity contribution in [2.45, 2.75) is 52.2 Å². The Kier molecular flexibility index (Phi) is 6.50. The fraction of sp³-hybridized carbons (Fsp3) is 0.737. The van der Waals surface area contributed by atoms with Gasteiger partial charge in [-0.05, 0) is 40.5 Å². The van der Waals surface area contributed by atoms with Crippen LogP contribution in [0.5, 0.6) is 0 Å². The average Bonchev–Trinajstić information content (AvgIpc) is 2.64. The van der Waals surface area contributed by atoms with E-state index in [1.807, 2.05) is 27.7 Å². The van der Waals surface area contributed by atoms with Gasteiger partial charge in [0.15, 0.2) is 0 Å². The van der Waals surface area contributed by atoms with Gasteiger partial charge in [-0.2, -0.15) is 4.98 Å². The smallest absolute Gasteiger partial charge is 0.410 e. The third-order valence-electron chi connectivity index (χ3n) is 4.78. The molecule has 1 amide bonds. The van der Waals surface area contributed by atoms with Crippen LogP contribution in [0, 0.1) is 6.92 Å². The topological polar surface area (TPSA) is 79.8 Å². The van der Waals surface area contributed by atoms with E-state index >= 15 is 0 Å². The molecule has 2 aliphatic rings. The first-order valence-electron chi connectivity index (χ1n) is 9.84. The van der Waals surface area contributed by atoms with E-state index in [9.17, 15) is 4.79 Å². The third-order valence-corrected chi connectivity index (χ3v) is 5.15. The highest BCUT2D eigenvalue weighted by molar-refractivity contribution is 6.30. The molecule has 0 bridgehead atoms. The van der Waals surface area contributed by atoms with Crippen LogP contribution in [0.1, 0.15) is 39.2 Å². The van der Waals surface area contributed by atoms with Crippen molar-refractivity contribution in [1.29, 1.82) is 0 Å². The maximum absolute atomic E-state index is 12.4. The lowest BCUT2D eigenvalue weighted by molar-refractivity contribution is 0.0206. The highest BCUT2D eigenvalue weighted by atomic mass is 35.5. The monoisotopic (exact) mass is 411 g/mol. The predicted octanol–water partition coefficient (Wildman–Crippen LogP) is 3.09. The Morgan fingerprint density at radius 2 is 1.96 bits per heavy atom. The molecule has 0 aromatic carbocycles. The van der Waals surface area contributed by atoms with Crippen molar-refractivity contribution in [1.82, 2.24) is 14.9 Å². The van der Waals surface area contributed by atoms with Gasteiger partial charge in [0.05, 0.1) is 13.2 Å². The van der Waals surface area contributed by atoms with E-state index in [0.29, 0.717) is 37.4 Å². The van der Waals surface area contributed by atoms with Crippen molar-refractivity contribution in [3.63, 3.8) is 0 Å². The molecule has 3 rings (SSSR count). The summed E-state index contributed by atoms with van der Waals surface area (Å²) in [4.78, 5) is 25.4. The Labute approximate surface area is 171 Å². The zero-order valence-electron chi connectivity index (χ0n) is 17.1. The summed E-state index contributed by atoms with van der Waals surface area (Å²) in [5, 5.41) is 3.81. The molecule has 1 aromatic rings. The quantitative estimate of drug-likeness (QED) is 0.765. The number of aromatic nitrogens is 2. The SMILES string of the molecule is Cc1c(Cl)nc(N[C@@H]2CCCN(C(=O)OC(C)(C)C)C2)nc1N1CCOCC1. The van der Waals surface area contributed by atoms with Crippen LogP contribution in [0.3, 0.4) is 0 Å². The summed E-state index contributed by atoms with van der Waals surface area (Å²) in [6, 6.07) is 0.0533. The lowest BCUT2D eigenvalue weighted by Crippen LogP contribution is -2.47. The fourth-order valence-corrected chi connectivity index (χ4v) is 3.56. The first kappa shape index (κ1) is 20.9. The second-order valence-electron chi connectivity index (χ2n) is 8.30. The van der Waals surface area contributed by atoms with Crippen LogP contribution in [-0.2, 0) is 9.47 Å². The number of carbonyl (C=O) groups excluding carboxylic acids is 1. The van der Waals surface area contributed by atoms with Crippen LogP contribution < -0.4 is 10.2 Å². The number of halogens is 1. The predicted molar refractivity (Wildman–Crippen MR) is 109 cm³/mol. The average molecular weight is 412 g/mol. The molecule has 1 aromatic heterocycles. The highest BCUT2D eigenvalue weighted by Gasteiger charge is 2.28. The molecule has 3 heterocycles. The number of nitrogens with one attached hydrogen (secondary N) is 1. The minimum atomic E-state index is -0.502. The molecule has 0 spiro atoms. The molecule has 156 valence electrons. The first-order valence-corrected chi connectivity index (χ1v) is 10.2. The van der Waals surface area contributed by atoms with Crippen molar-refractivity contribution < 1.29 is 14.3 Å². The van der Waals surface area contributed by atoms with Crippen LogP contribution >= 0.6 is 11.6 Å². The molecule has 0 unspecified atom stereocenters. The number of nitrogens with zero attached hydrogens (tertiary/aromatic N) is 4. The molecule has 2 aliphatic heterocycles. The summed E-state index contributed by atoms with van der Waals surface area (Å²) >= 11 is 6.37. The minimum Gasteiger partial charge on any atom is -0.444 e. The zero-order chi connectivity index (χ0) is 20.3. The summed E-state index contributed by atoms with van der Waals surface area (Å²) < 4.78 is 10.9. The molecule has 28 heavy (non-hydrogen) atoms. The lowest BCUT2D eigenvalue weighted by Gasteiger charge is -2.34. The van der Waals surface area contributed by atoms with Gasteiger partial charge in [-0.15, -0.1) is 0 Å². The second-order valence-corrected chi connectivity index (χ2v) is 8.65. The van der Waals surface area contributed by atoms with Crippen molar-refractivity contribution in [3.05, 3.63) is 10.7 Å². The normalized spacial score (nSPS) is 20.8. The van der Waals surface area contributed by atoms with E-state index < -0.39 is 5.60 Å². The number of amides is 1. The van der Waals surface area contributed by atoms with E-state index in [4.69, 9.17) is 26.1 Å². The molecule has 2 fully saturated rings. The number of likely N-dealkylation sites (tertiary alicyclic amines) is 1. The largest absolute Gasteiger partial charge is 0.444 e. The summed E-state index contributed by atoms with van der Waals surface area (Å²) in [7, 11) is 0. The molecule has 8 nitrogen and oxygen atoms in total. The van der Waals surface area contributed by atoms with Gasteiger partial charge in [0, 0.05) is 37.8 Å². The zero-order valence-corrected chi connectivity index (χ0v) is 17.9. The Morgan fingerprint density at radius 1 is 1.25 bits per heavy atom. The molecule has 1 N–H and O–H groups in total. The summed E-state index contributed by atoms with van der Waals surface area (Å²) in [5.41, 5.74) is 0.367. The number of piperidine rings is 1. The fourth-order valence-electron chi connectivity index (χ4n) is 3.40. The van der Waals surface area contributed by atoms with E-state index in [2.05, 4.69) is 15.2 Å². The maximum Gasteiger partial charge on any atom is 0.410 e. The van der Waals surface area contributed by atoms with Crippen molar-refractivity contribution in [2.75, 3.05) is 49.6 Å². The molecule has 0 aliphatic carbocycles. The third kappa shape index (κ3) is 5.38. The van der Waals surface area contributed by atoms with Crippen molar-refractivity contribution in [3.8, 4) is 0 Å². The van der Waals surface area contributed by atoms with Gasteiger partial charge in [0.1, 0.15) is 16.6 Å². The molecule has 0 saturated carbocycles. The first-order chi connectivity index (χ1) is 13.2. The number of carbonyl (C=O) groups is 1. The van der Waals surface area contributed by atoms with Crippen LogP contribution in [0.2, 0.25) is 5.15 Å². The maximum atomic E-state index is 12.4. The van der Waals surface area contributed by atoms with Gasteiger partial charge in [0.25, 0.3) is 0 Å². The summed E-state index contributed by atoms with van der Waals surface area (Å²) in [5.74, 6) is 1.33. The summed E-state index contributed by atoms with van der Waals surface area (Å²) in [6.45, 7) is 11.7. The van der Waals surface area contributed by atoms with Crippen molar-refractivity contribution in [2.24, 2.45) is 0 Å². The van der Waals surface area contributed by atoms with E-state index in [0.717, 1.165) is 37.3 Å². The number of hydrogen-bond donors (Lipinski definition) is 1. The lowest BCUT2D eigenvalue weighted by atomic mass is 10.1. The number of rotatable bonds is 3. The number of anilines is 2. The van der Waals surface area contributed by atoms with E-state index in [1.54, 1.807) is 4.90 Å². The molecule has 2 saturated heterocycles. The van der Waals surface area contributed by atoms with Crippen molar-refractivity contribution >= 4 is 29.5 Å². The van der Waals surface area contributed by atoms with Crippen LogP contribution in [0.4, 0.5) is 16.6 Å².